The fraction of sp³-hybridized carbons (Fsp3) is 0.312. The molecule has 8 heteroatoms. The van der Waals surface area contributed by atoms with Crippen molar-refractivity contribution < 1.29 is 22.7 Å². The predicted octanol–water partition coefficient (Wildman–Crippen LogP) is 6.22. The third kappa shape index (κ3) is 4.44. The molecule has 0 radical (unpaired) electrons. The Morgan fingerprint density at radius 3 is 2.38 bits per heavy atom. The smallest absolute Gasteiger partial charge is 0.419 e. The fourth-order valence-corrected chi connectivity index (χ4v) is 2.79. The van der Waals surface area contributed by atoms with E-state index in [1.165, 1.54) is 12.3 Å². The van der Waals surface area contributed by atoms with E-state index in [1.54, 1.807) is 26.8 Å². The Kier molecular flexibility index (Phi) is 5.25. The summed E-state index contributed by atoms with van der Waals surface area (Å²) in [5, 5.41) is 0.113. The van der Waals surface area contributed by atoms with Crippen LogP contribution in [0.4, 0.5) is 18.0 Å². The van der Waals surface area contributed by atoms with Crippen molar-refractivity contribution in [3.05, 3.63) is 44.6 Å². The lowest BCUT2D eigenvalue weighted by atomic mass is 10.1. The van der Waals surface area contributed by atoms with Gasteiger partial charge in [-0.15, -0.1) is 0 Å². The summed E-state index contributed by atoms with van der Waals surface area (Å²) in [6.45, 7) is 5.11. The van der Waals surface area contributed by atoms with Crippen LogP contribution in [0.1, 0.15) is 26.3 Å². The fourth-order valence-electron chi connectivity index (χ4n) is 2.00. The first kappa shape index (κ1) is 19.1. The monoisotopic (exact) mass is 471 g/mol. The van der Waals surface area contributed by atoms with Gasteiger partial charge in [0.15, 0.2) is 0 Å². The van der Waals surface area contributed by atoms with E-state index >= 15 is 0 Å². The van der Waals surface area contributed by atoms with E-state index in [0.717, 1.165) is 16.7 Å². The molecule has 1 heterocycles. The molecule has 0 atom stereocenters. The molecule has 0 aliphatic heterocycles. The molecule has 2 rings (SSSR count). The van der Waals surface area contributed by atoms with Crippen LogP contribution in [0.3, 0.4) is 0 Å². The highest BCUT2D eigenvalue weighted by molar-refractivity contribution is 14.1. The number of alkyl halides is 3. The van der Waals surface area contributed by atoms with Crippen molar-refractivity contribution in [1.29, 1.82) is 0 Å². The molecule has 1 aromatic heterocycles. The van der Waals surface area contributed by atoms with Crippen LogP contribution in [0, 0.1) is 3.57 Å². The molecule has 0 saturated heterocycles. The van der Waals surface area contributed by atoms with Crippen LogP contribution < -0.4 is 0 Å². The number of aromatic nitrogens is 1. The van der Waals surface area contributed by atoms with Gasteiger partial charge < -0.3 is 4.74 Å². The molecule has 0 bridgehead atoms. The Morgan fingerprint density at radius 1 is 1.21 bits per heavy atom. The Balaban J connectivity index is 2.56. The van der Waals surface area contributed by atoms with Crippen LogP contribution in [0.25, 0.3) is 11.3 Å². The normalized spacial score (nSPS) is 12.3. The highest BCUT2D eigenvalue weighted by Crippen LogP contribution is 2.37. The average Bonchev–Trinajstić information content (AvgIpc) is 2.78. The highest BCUT2D eigenvalue weighted by atomic mass is 127. The van der Waals surface area contributed by atoms with Gasteiger partial charge in [-0.05, 0) is 67.6 Å². The molecular formula is C16H14ClF3INO2. The Hall–Kier alpha value is -1.22. The minimum Gasteiger partial charge on any atom is -0.443 e. The number of halogens is 5. The number of carbonyl (C=O) groups is 1. The first-order chi connectivity index (χ1) is 10.9. The number of nitrogens with zero attached hydrogens (tertiary/aromatic N) is 1. The maximum Gasteiger partial charge on any atom is 0.419 e. The van der Waals surface area contributed by atoms with Gasteiger partial charge in [0.2, 0.25) is 0 Å². The van der Waals surface area contributed by atoms with E-state index in [-0.39, 0.29) is 16.3 Å². The number of benzene rings is 1. The molecule has 130 valence electrons. The number of hydrogen-bond donors (Lipinski definition) is 0. The first-order valence-corrected chi connectivity index (χ1v) is 8.32. The van der Waals surface area contributed by atoms with Gasteiger partial charge in [-0.1, -0.05) is 11.6 Å². The molecule has 0 fully saturated rings. The van der Waals surface area contributed by atoms with E-state index < -0.39 is 23.4 Å². The van der Waals surface area contributed by atoms with Gasteiger partial charge in [0.1, 0.15) is 5.60 Å². The number of carbonyl (C=O) groups excluding carboxylic acids is 1. The van der Waals surface area contributed by atoms with E-state index in [4.69, 9.17) is 16.3 Å². The van der Waals surface area contributed by atoms with E-state index in [1.807, 2.05) is 22.6 Å². The second kappa shape index (κ2) is 6.59. The molecule has 0 amide bonds. The Morgan fingerprint density at radius 2 is 1.83 bits per heavy atom. The van der Waals surface area contributed by atoms with Crippen LogP contribution in [-0.2, 0) is 10.9 Å². The van der Waals surface area contributed by atoms with Crippen LogP contribution >= 0.6 is 34.2 Å². The minimum absolute atomic E-state index is 0.111. The van der Waals surface area contributed by atoms with Gasteiger partial charge in [0.25, 0.3) is 0 Å². The van der Waals surface area contributed by atoms with Crippen LogP contribution in [0.2, 0.25) is 5.02 Å². The molecule has 0 saturated carbocycles. The topological polar surface area (TPSA) is 31.2 Å². The van der Waals surface area contributed by atoms with E-state index in [9.17, 15) is 18.0 Å². The second-order valence-electron chi connectivity index (χ2n) is 6.09. The summed E-state index contributed by atoms with van der Waals surface area (Å²) in [6.07, 6.45) is -3.70. The lowest BCUT2D eigenvalue weighted by molar-refractivity contribution is -0.137. The van der Waals surface area contributed by atoms with E-state index in [2.05, 4.69) is 0 Å². The zero-order valence-electron chi connectivity index (χ0n) is 13.0. The summed E-state index contributed by atoms with van der Waals surface area (Å²) in [7, 11) is 0. The molecule has 3 nitrogen and oxygen atoms in total. The van der Waals surface area contributed by atoms with Gasteiger partial charge in [-0.2, -0.15) is 13.2 Å². The zero-order valence-corrected chi connectivity index (χ0v) is 16.0. The SMILES string of the molecule is CC(C)(C)OC(=O)n1cc(I)cc1-c1cc(C(F)(F)F)ccc1Cl. The number of ether oxygens (including phenoxy) is 1. The summed E-state index contributed by atoms with van der Waals surface area (Å²) in [4.78, 5) is 12.3. The van der Waals surface area contributed by atoms with Gasteiger partial charge in [0, 0.05) is 20.4 Å². The minimum atomic E-state index is -4.50. The summed E-state index contributed by atoms with van der Waals surface area (Å²) >= 11 is 8.03. The summed E-state index contributed by atoms with van der Waals surface area (Å²) < 4.78 is 46.0. The quantitative estimate of drug-likeness (QED) is 0.463. The van der Waals surface area contributed by atoms with Crippen molar-refractivity contribution in [1.82, 2.24) is 4.57 Å². The molecule has 0 unspecified atom stereocenters. The summed E-state index contributed by atoms with van der Waals surface area (Å²) in [5.41, 5.74) is -1.22. The van der Waals surface area contributed by atoms with Gasteiger partial charge in [-0.3, -0.25) is 4.57 Å². The molecule has 0 N–H and O–H groups in total. The van der Waals surface area contributed by atoms with Crippen molar-refractivity contribution in [3.8, 4) is 11.3 Å². The highest BCUT2D eigenvalue weighted by Gasteiger charge is 2.31. The summed E-state index contributed by atoms with van der Waals surface area (Å²) in [6, 6.07) is 4.57. The molecule has 24 heavy (non-hydrogen) atoms. The standard InChI is InChI=1S/C16H14ClF3INO2/c1-15(2,3)24-14(23)22-8-10(21)7-13(22)11-6-9(16(18,19)20)4-5-12(11)17/h4-8H,1-3H3. The van der Waals surface area contributed by atoms with Crippen molar-refractivity contribution in [3.63, 3.8) is 0 Å². The predicted molar refractivity (Wildman–Crippen MR) is 94.2 cm³/mol. The lowest BCUT2D eigenvalue weighted by Crippen LogP contribution is -2.27. The summed E-state index contributed by atoms with van der Waals surface area (Å²) in [5.74, 6) is 0. The second-order valence-corrected chi connectivity index (χ2v) is 7.74. The first-order valence-electron chi connectivity index (χ1n) is 6.87. The largest absolute Gasteiger partial charge is 0.443 e. The van der Waals surface area contributed by atoms with E-state index in [0.29, 0.717) is 3.57 Å². The number of rotatable bonds is 1. The van der Waals surface area contributed by atoms with Gasteiger partial charge in [0.05, 0.1) is 11.3 Å². The maximum atomic E-state index is 13.0. The third-order valence-corrected chi connectivity index (χ3v) is 3.87. The molecule has 0 aliphatic rings. The van der Waals surface area contributed by atoms with Gasteiger partial charge >= 0.3 is 12.3 Å². The molecule has 0 aliphatic carbocycles. The van der Waals surface area contributed by atoms with Crippen LogP contribution in [0.5, 0.6) is 0 Å². The Labute approximate surface area is 155 Å². The molecular weight excluding hydrogens is 458 g/mol. The zero-order chi connectivity index (χ0) is 18.3. The lowest BCUT2D eigenvalue weighted by Gasteiger charge is -2.20. The third-order valence-electron chi connectivity index (χ3n) is 2.95. The van der Waals surface area contributed by atoms with Crippen molar-refractivity contribution in [2.75, 3.05) is 0 Å². The van der Waals surface area contributed by atoms with Gasteiger partial charge in [-0.25, -0.2) is 4.79 Å². The Bertz CT molecular complexity index is 779. The molecule has 1 aromatic carbocycles. The van der Waals surface area contributed by atoms with Crippen LogP contribution in [0.15, 0.2) is 30.5 Å². The van der Waals surface area contributed by atoms with Crippen LogP contribution in [-0.4, -0.2) is 16.3 Å². The maximum absolute atomic E-state index is 13.0. The van der Waals surface area contributed by atoms with Crippen molar-refractivity contribution >= 4 is 40.3 Å². The van der Waals surface area contributed by atoms with Crippen molar-refractivity contribution in [2.24, 2.45) is 0 Å². The molecule has 0 spiro atoms. The van der Waals surface area contributed by atoms with Crippen molar-refractivity contribution in [2.45, 2.75) is 32.5 Å². The number of hydrogen-bond acceptors (Lipinski definition) is 2. The average molecular weight is 472 g/mol. The molecule has 2 aromatic rings.